The van der Waals surface area contributed by atoms with Gasteiger partial charge in [0.05, 0.1) is 5.69 Å². The predicted molar refractivity (Wildman–Crippen MR) is 75.5 cm³/mol. The summed E-state index contributed by atoms with van der Waals surface area (Å²) in [4.78, 5) is 0. The Morgan fingerprint density at radius 3 is 2.89 bits per heavy atom. The highest BCUT2D eigenvalue weighted by Crippen LogP contribution is 2.22. The van der Waals surface area contributed by atoms with E-state index in [2.05, 4.69) is 28.8 Å². The van der Waals surface area contributed by atoms with E-state index in [1.54, 1.807) is 5.57 Å². The summed E-state index contributed by atoms with van der Waals surface area (Å²) in [6, 6.07) is 2.40. The lowest BCUT2D eigenvalue weighted by molar-refractivity contribution is 0.559. The molecule has 1 unspecified atom stereocenters. The molecule has 1 aromatic heterocycles. The SMILES string of the molecule is CCn1nc(C)cc1CC(N)CC1=CCCCC1. The van der Waals surface area contributed by atoms with E-state index in [1.165, 1.54) is 31.4 Å². The van der Waals surface area contributed by atoms with Crippen molar-refractivity contribution in [1.29, 1.82) is 0 Å². The molecule has 1 aliphatic carbocycles. The predicted octanol–water partition coefficient (Wildman–Crippen LogP) is 2.97. The fraction of sp³-hybridized carbons (Fsp3) is 0.667. The van der Waals surface area contributed by atoms with Gasteiger partial charge >= 0.3 is 0 Å². The van der Waals surface area contributed by atoms with Crippen LogP contribution in [0.5, 0.6) is 0 Å². The molecule has 1 aromatic rings. The summed E-state index contributed by atoms with van der Waals surface area (Å²) in [6.07, 6.45) is 9.56. The van der Waals surface area contributed by atoms with Crippen molar-refractivity contribution in [1.82, 2.24) is 9.78 Å². The van der Waals surface area contributed by atoms with Crippen LogP contribution in [-0.4, -0.2) is 15.8 Å². The first-order valence-electron chi connectivity index (χ1n) is 7.16. The normalized spacial score (nSPS) is 17.6. The molecule has 1 heterocycles. The molecule has 0 spiro atoms. The van der Waals surface area contributed by atoms with Gasteiger partial charge in [-0.3, -0.25) is 4.68 Å². The highest BCUT2D eigenvalue weighted by molar-refractivity contribution is 5.13. The Kier molecular flexibility index (Phi) is 4.59. The van der Waals surface area contributed by atoms with Crippen molar-refractivity contribution in [3.63, 3.8) is 0 Å². The van der Waals surface area contributed by atoms with E-state index in [0.717, 1.165) is 25.1 Å². The summed E-state index contributed by atoms with van der Waals surface area (Å²) >= 11 is 0. The number of rotatable bonds is 5. The molecule has 100 valence electrons. The fourth-order valence-corrected chi connectivity index (χ4v) is 2.80. The Morgan fingerprint density at radius 2 is 2.22 bits per heavy atom. The maximum absolute atomic E-state index is 6.29. The molecule has 1 aliphatic rings. The molecular formula is C15H25N3. The van der Waals surface area contributed by atoms with E-state index in [9.17, 15) is 0 Å². The van der Waals surface area contributed by atoms with Crippen LogP contribution in [0.25, 0.3) is 0 Å². The molecule has 3 heteroatoms. The Hall–Kier alpha value is -1.09. The lowest BCUT2D eigenvalue weighted by Gasteiger charge is -2.17. The van der Waals surface area contributed by atoms with Crippen LogP contribution < -0.4 is 5.73 Å². The molecule has 1 atom stereocenters. The minimum Gasteiger partial charge on any atom is -0.327 e. The standard InChI is InChI=1S/C15H25N3/c1-3-18-15(9-12(2)17-18)11-14(16)10-13-7-5-4-6-8-13/h7,9,14H,3-6,8,10-11,16H2,1-2H3. The van der Waals surface area contributed by atoms with E-state index in [4.69, 9.17) is 5.73 Å². The van der Waals surface area contributed by atoms with Crippen molar-refractivity contribution in [3.05, 3.63) is 29.1 Å². The van der Waals surface area contributed by atoms with Crippen molar-refractivity contribution < 1.29 is 0 Å². The summed E-state index contributed by atoms with van der Waals surface area (Å²) in [5.41, 5.74) is 10.2. The zero-order chi connectivity index (χ0) is 13.0. The van der Waals surface area contributed by atoms with Gasteiger partial charge < -0.3 is 5.73 Å². The fourth-order valence-electron chi connectivity index (χ4n) is 2.80. The van der Waals surface area contributed by atoms with Gasteiger partial charge in [-0.2, -0.15) is 5.10 Å². The lowest BCUT2D eigenvalue weighted by atomic mass is 9.93. The van der Waals surface area contributed by atoms with Crippen LogP contribution in [0.3, 0.4) is 0 Å². The van der Waals surface area contributed by atoms with Gasteiger partial charge in [0.25, 0.3) is 0 Å². The van der Waals surface area contributed by atoms with Gasteiger partial charge in [0.1, 0.15) is 0 Å². The quantitative estimate of drug-likeness (QED) is 0.813. The van der Waals surface area contributed by atoms with Crippen molar-refractivity contribution in [2.75, 3.05) is 0 Å². The van der Waals surface area contributed by atoms with Crippen molar-refractivity contribution in [3.8, 4) is 0 Å². The van der Waals surface area contributed by atoms with E-state index in [0.29, 0.717) is 0 Å². The monoisotopic (exact) mass is 247 g/mol. The minimum atomic E-state index is 0.232. The zero-order valence-corrected chi connectivity index (χ0v) is 11.7. The number of nitrogens with zero attached hydrogens (tertiary/aromatic N) is 2. The maximum Gasteiger partial charge on any atom is 0.0596 e. The number of nitrogens with two attached hydrogens (primary N) is 1. The number of aromatic nitrogens is 2. The maximum atomic E-state index is 6.29. The Bertz CT molecular complexity index is 417. The third kappa shape index (κ3) is 3.45. The second-order valence-corrected chi connectivity index (χ2v) is 5.37. The van der Waals surface area contributed by atoms with Crippen LogP contribution in [0, 0.1) is 6.92 Å². The molecule has 0 amide bonds. The molecule has 3 nitrogen and oxygen atoms in total. The Balaban J connectivity index is 1.93. The van der Waals surface area contributed by atoms with Gasteiger partial charge in [-0.05, 0) is 52.0 Å². The summed E-state index contributed by atoms with van der Waals surface area (Å²) in [7, 11) is 0. The summed E-state index contributed by atoms with van der Waals surface area (Å²) in [6.45, 7) is 5.11. The highest BCUT2D eigenvalue weighted by Gasteiger charge is 2.12. The van der Waals surface area contributed by atoms with Crippen LogP contribution in [0.2, 0.25) is 0 Å². The molecule has 0 aliphatic heterocycles. The number of aryl methyl sites for hydroxylation is 2. The molecule has 0 aromatic carbocycles. The Morgan fingerprint density at radius 1 is 1.39 bits per heavy atom. The highest BCUT2D eigenvalue weighted by atomic mass is 15.3. The van der Waals surface area contributed by atoms with Gasteiger partial charge in [-0.25, -0.2) is 0 Å². The van der Waals surface area contributed by atoms with Crippen LogP contribution >= 0.6 is 0 Å². The molecule has 18 heavy (non-hydrogen) atoms. The van der Waals surface area contributed by atoms with E-state index in [-0.39, 0.29) is 6.04 Å². The van der Waals surface area contributed by atoms with Gasteiger partial charge in [-0.15, -0.1) is 0 Å². The second-order valence-electron chi connectivity index (χ2n) is 5.37. The molecule has 0 fully saturated rings. The van der Waals surface area contributed by atoms with Crippen molar-refractivity contribution in [2.45, 2.75) is 65.0 Å². The average molecular weight is 247 g/mol. The molecule has 0 bridgehead atoms. The Labute approximate surface area is 110 Å². The van der Waals surface area contributed by atoms with E-state index >= 15 is 0 Å². The largest absolute Gasteiger partial charge is 0.327 e. The smallest absolute Gasteiger partial charge is 0.0596 e. The number of allylic oxidation sites excluding steroid dienone is 1. The molecule has 2 N–H and O–H groups in total. The van der Waals surface area contributed by atoms with Crippen LogP contribution in [-0.2, 0) is 13.0 Å². The molecule has 0 radical (unpaired) electrons. The van der Waals surface area contributed by atoms with E-state index in [1.807, 2.05) is 6.92 Å². The minimum absolute atomic E-state index is 0.232. The first-order valence-corrected chi connectivity index (χ1v) is 7.16. The van der Waals surface area contributed by atoms with Crippen molar-refractivity contribution in [2.24, 2.45) is 5.73 Å². The molecule has 0 saturated heterocycles. The topological polar surface area (TPSA) is 43.8 Å². The van der Waals surface area contributed by atoms with Crippen LogP contribution in [0.1, 0.15) is 50.4 Å². The van der Waals surface area contributed by atoms with Crippen molar-refractivity contribution >= 4 is 0 Å². The summed E-state index contributed by atoms with van der Waals surface area (Å²) < 4.78 is 2.07. The van der Waals surface area contributed by atoms with Crippen LogP contribution in [0.4, 0.5) is 0 Å². The van der Waals surface area contributed by atoms with E-state index < -0.39 is 0 Å². The zero-order valence-electron chi connectivity index (χ0n) is 11.7. The molecule has 0 saturated carbocycles. The summed E-state index contributed by atoms with van der Waals surface area (Å²) in [5.74, 6) is 0. The lowest BCUT2D eigenvalue weighted by Crippen LogP contribution is -2.25. The molecular weight excluding hydrogens is 222 g/mol. The number of hydrogen-bond acceptors (Lipinski definition) is 2. The molecule has 2 rings (SSSR count). The second kappa shape index (κ2) is 6.19. The van der Waals surface area contributed by atoms with Gasteiger partial charge in [-0.1, -0.05) is 11.6 Å². The number of hydrogen-bond donors (Lipinski definition) is 1. The third-order valence-electron chi connectivity index (χ3n) is 3.67. The average Bonchev–Trinajstić information content (AvgIpc) is 2.70. The van der Waals surface area contributed by atoms with Gasteiger partial charge in [0, 0.05) is 24.7 Å². The first kappa shape index (κ1) is 13.3. The third-order valence-corrected chi connectivity index (χ3v) is 3.67. The summed E-state index contributed by atoms with van der Waals surface area (Å²) in [5, 5.41) is 4.48. The first-order chi connectivity index (χ1) is 8.69. The van der Waals surface area contributed by atoms with Gasteiger partial charge in [0.15, 0.2) is 0 Å². The van der Waals surface area contributed by atoms with Crippen LogP contribution in [0.15, 0.2) is 17.7 Å². The van der Waals surface area contributed by atoms with Gasteiger partial charge in [0.2, 0.25) is 0 Å².